The average Bonchev–Trinajstić information content (AvgIpc) is 2.82. The number of hydrogen-bond donors (Lipinski definition) is 2. The summed E-state index contributed by atoms with van der Waals surface area (Å²) in [4.78, 5) is 24.1. The number of urea groups is 1. The summed E-state index contributed by atoms with van der Waals surface area (Å²) in [6, 6.07) is 1.53. The number of aliphatic carboxylic acids is 1. The molecule has 20 heavy (non-hydrogen) atoms. The molecule has 8 heteroatoms. The third-order valence-electron chi connectivity index (χ3n) is 3.12. The SMILES string of the molecule is Cn1ccc(NC(=O)N2CCC(OCC(=O)O)CC2)n1. The second-order valence-corrected chi connectivity index (χ2v) is 4.70. The third kappa shape index (κ3) is 3.95. The van der Waals surface area contributed by atoms with Crippen molar-refractivity contribution >= 4 is 17.8 Å². The molecule has 8 nitrogen and oxygen atoms in total. The van der Waals surface area contributed by atoms with E-state index < -0.39 is 5.97 Å². The smallest absolute Gasteiger partial charge is 0.329 e. The number of likely N-dealkylation sites (tertiary alicyclic amines) is 1. The quantitative estimate of drug-likeness (QED) is 0.839. The van der Waals surface area contributed by atoms with Crippen LogP contribution in [0.5, 0.6) is 0 Å². The molecular formula is C12H18N4O4. The molecule has 1 aliphatic rings. The zero-order chi connectivity index (χ0) is 14.5. The van der Waals surface area contributed by atoms with E-state index in [0.29, 0.717) is 31.7 Å². The lowest BCUT2D eigenvalue weighted by Gasteiger charge is -2.31. The number of aryl methyl sites for hydroxylation is 1. The third-order valence-corrected chi connectivity index (χ3v) is 3.12. The first-order valence-corrected chi connectivity index (χ1v) is 6.43. The van der Waals surface area contributed by atoms with Crippen LogP contribution in [-0.2, 0) is 16.6 Å². The van der Waals surface area contributed by atoms with Gasteiger partial charge in [-0.25, -0.2) is 9.59 Å². The normalized spacial score (nSPS) is 16.1. The lowest BCUT2D eigenvalue weighted by molar-refractivity contribution is -0.145. The molecule has 1 aromatic rings. The van der Waals surface area contributed by atoms with E-state index in [-0.39, 0.29) is 18.7 Å². The molecular weight excluding hydrogens is 264 g/mol. The summed E-state index contributed by atoms with van der Waals surface area (Å²) in [5.74, 6) is -0.456. The van der Waals surface area contributed by atoms with Gasteiger partial charge < -0.3 is 14.7 Å². The molecule has 0 bridgehead atoms. The maximum atomic E-state index is 12.0. The van der Waals surface area contributed by atoms with E-state index >= 15 is 0 Å². The van der Waals surface area contributed by atoms with Crippen LogP contribution in [0.15, 0.2) is 12.3 Å². The van der Waals surface area contributed by atoms with Crippen molar-refractivity contribution < 1.29 is 19.4 Å². The van der Waals surface area contributed by atoms with Crippen molar-refractivity contribution in [3.8, 4) is 0 Å². The fourth-order valence-corrected chi connectivity index (χ4v) is 2.09. The van der Waals surface area contributed by atoms with Gasteiger partial charge in [-0.15, -0.1) is 0 Å². The molecule has 1 aromatic heterocycles. The standard InChI is InChI=1S/C12H18N4O4/c1-15-5-4-10(14-15)13-12(19)16-6-2-9(3-7-16)20-8-11(17)18/h4-5,9H,2-3,6-8H2,1H3,(H,17,18)(H,13,14,19). The van der Waals surface area contributed by atoms with Crippen LogP contribution in [0.1, 0.15) is 12.8 Å². The molecule has 1 fully saturated rings. The maximum absolute atomic E-state index is 12.0. The van der Waals surface area contributed by atoms with Gasteiger partial charge in [0.25, 0.3) is 0 Å². The maximum Gasteiger partial charge on any atom is 0.329 e. The molecule has 0 spiro atoms. The fraction of sp³-hybridized carbons (Fsp3) is 0.583. The number of carboxylic acid groups (broad SMARTS) is 1. The van der Waals surface area contributed by atoms with Crippen LogP contribution in [0.3, 0.4) is 0 Å². The van der Waals surface area contributed by atoms with Gasteiger partial charge in [0.1, 0.15) is 6.61 Å². The predicted molar refractivity (Wildman–Crippen MR) is 70.4 cm³/mol. The Labute approximate surface area is 116 Å². The van der Waals surface area contributed by atoms with E-state index in [1.807, 2.05) is 0 Å². The fourth-order valence-electron chi connectivity index (χ4n) is 2.09. The van der Waals surface area contributed by atoms with Crippen molar-refractivity contribution in [3.63, 3.8) is 0 Å². The number of carbonyl (C=O) groups excluding carboxylic acids is 1. The van der Waals surface area contributed by atoms with Crippen molar-refractivity contribution in [2.75, 3.05) is 25.0 Å². The molecule has 2 heterocycles. The first-order chi connectivity index (χ1) is 9.54. The highest BCUT2D eigenvalue weighted by molar-refractivity contribution is 5.88. The van der Waals surface area contributed by atoms with Crippen LogP contribution in [0.2, 0.25) is 0 Å². The number of piperidine rings is 1. The van der Waals surface area contributed by atoms with E-state index in [1.54, 1.807) is 28.9 Å². The van der Waals surface area contributed by atoms with Gasteiger partial charge in [0.2, 0.25) is 0 Å². The summed E-state index contributed by atoms with van der Waals surface area (Å²) in [5.41, 5.74) is 0. The summed E-state index contributed by atoms with van der Waals surface area (Å²) in [6.07, 6.45) is 2.94. The number of anilines is 1. The largest absolute Gasteiger partial charge is 0.480 e. The van der Waals surface area contributed by atoms with Crippen molar-refractivity contribution in [1.82, 2.24) is 14.7 Å². The summed E-state index contributed by atoms with van der Waals surface area (Å²) in [7, 11) is 1.78. The monoisotopic (exact) mass is 282 g/mol. The number of hydrogen-bond acceptors (Lipinski definition) is 4. The summed E-state index contributed by atoms with van der Waals surface area (Å²) >= 11 is 0. The second kappa shape index (κ2) is 6.38. The highest BCUT2D eigenvalue weighted by atomic mass is 16.5. The van der Waals surface area contributed by atoms with Crippen LogP contribution in [0.4, 0.5) is 10.6 Å². The van der Waals surface area contributed by atoms with Crippen LogP contribution in [-0.4, -0.2) is 57.6 Å². The number of amides is 2. The molecule has 2 N–H and O–H groups in total. The molecule has 1 aliphatic heterocycles. The number of carbonyl (C=O) groups is 2. The number of nitrogens with zero attached hydrogens (tertiary/aromatic N) is 3. The number of ether oxygens (including phenoxy) is 1. The van der Waals surface area contributed by atoms with E-state index in [2.05, 4.69) is 10.4 Å². The molecule has 0 aromatic carbocycles. The van der Waals surface area contributed by atoms with E-state index in [1.165, 1.54) is 0 Å². The molecule has 0 atom stereocenters. The van der Waals surface area contributed by atoms with Crippen LogP contribution in [0.25, 0.3) is 0 Å². The molecule has 2 amide bonds. The minimum absolute atomic E-state index is 0.0926. The number of rotatable bonds is 4. The van der Waals surface area contributed by atoms with E-state index in [9.17, 15) is 9.59 Å². The Morgan fingerprint density at radius 1 is 1.50 bits per heavy atom. The van der Waals surface area contributed by atoms with Crippen molar-refractivity contribution in [1.29, 1.82) is 0 Å². The van der Waals surface area contributed by atoms with Gasteiger partial charge in [0, 0.05) is 32.4 Å². The Bertz CT molecular complexity index is 480. The molecule has 0 unspecified atom stereocenters. The predicted octanol–water partition coefficient (Wildman–Crippen LogP) is 0.518. The summed E-state index contributed by atoms with van der Waals surface area (Å²) in [6.45, 7) is 0.802. The Kier molecular flexibility index (Phi) is 4.57. The van der Waals surface area contributed by atoms with Gasteiger partial charge in [-0.3, -0.25) is 10.00 Å². The highest BCUT2D eigenvalue weighted by Crippen LogP contribution is 2.15. The molecule has 2 rings (SSSR count). The van der Waals surface area contributed by atoms with E-state index in [0.717, 1.165) is 0 Å². The topological polar surface area (TPSA) is 96.7 Å². The average molecular weight is 282 g/mol. The van der Waals surface area contributed by atoms with Crippen molar-refractivity contribution in [2.45, 2.75) is 18.9 Å². The van der Waals surface area contributed by atoms with Crippen molar-refractivity contribution in [2.24, 2.45) is 7.05 Å². The van der Waals surface area contributed by atoms with Gasteiger partial charge in [0.15, 0.2) is 5.82 Å². The molecule has 0 saturated carbocycles. The van der Waals surface area contributed by atoms with Gasteiger partial charge in [-0.05, 0) is 12.8 Å². The molecule has 110 valence electrons. The van der Waals surface area contributed by atoms with Crippen LogP contribution in [0, 0.1) is 0 Å². The van der Waals surface area contributed by atoms with Crippen LogP contribution < -0.4 is 5.32 Å². The zero-order valence-corrected chi connectivity index (χ0v) is 11.3. The lowest BCUT2D eigenvalue weighted by atomic mass is 10.1. The number of aromatic nitrogens is 2. The van der Waals surface area contributed by atoms with Gasteiger partial charge >= 0.3 is 12.0 Å². The minimum Gasteiger partial charge on any atom is -0.480 e. The summed E-state index contributed by atoms with van der Waals surface area (Å²) < 4.78 is 6.83. The van der Waals surface area contributed by atoms with Crippen LogP contribution >= 0.6 is 0 Å². The first-order valence-electron chi connectivity index (χ1n) is 6.43. The van der Waals surface area contributed by atoms with Gasteiger partial charge in [0.05, 0.1) is 6.10 Å². The zero-order valence-electron chi connectivity index (χ0n) is 11.3. The minimum atomic E-state index is -0.972. The number of carboxylic acids is 1. The molecule has 0 radical (unpaired) electrons. The van der Waals surface area contributed by atoms with Gasteiger partial charge in [-0.2, -0.15) is 5.10 Å². The Balaban J connectivity index is 1.75. The summed E-state index contributed by atoms with van der Waals surface area (Å²) in [5, 5.41) is 15.3. The van der Waals surface area contributed by atoms with Gasteiger partial charge in [-0.1, -0.05) is 0 Å². The van der Waals surface area contributed by atoms with Crippen molar-refractivity contribution in [3.05, 3.63) is 12.3 Å². The Hall–Kier alpha value is -2.09. The second-order valence-electron chi connectivity index (χ2n) is 4.70. The Morgan fingerprint density at radius 3 is 2.75 bits per heavy atom. The highest BCUT2D eigenvalue weighted by Gasteiger charge is 2.24. The number of nitrogens with one attached hydrogen (secondary N) is 1. The van der Waals surface area contributed by atoms with E-state index in [4.69, 9.17) is 9.84 Å². The Morgan fingerprint density at radius 2 is 2.20 bits per heavy atom. The lowest BCUT2D eigenvalue weighted by Crippen LogP contribution is -2.43. The first kappa shape index (κ1) is 14.3. The molecule has 1 saturated heterocycles. The molecule has 0 aliphatic carbocycles.